The van der Waals surface area contributed by atoms with Gasteiger partial charge >= 0.3 is 0 Å². The Hall–Kier alpha value is -1.21. The zero-order valence-electron chi connectivity index (χ0n) is 13.6. The Balaban J connectivity index is 0.00000312. The summed E-state index contributed by atoms with van der Waals surface area (Å²) in [5, 5.41) is 0. The van der Waals surface area contributed by atoms with Crippen LogP contribution in [0.15, 0.2) is 24.8 Å². The van der Waals surface area contributed by atoms with Gasteiger partial charge in [0.1, 0.15) is 12.4 Å². The third-order valence-corrected chi connectivity index (χ3v) is 3.47. The molecule has 1 atom stereocenters. The van der Waals surface area contributed by atoms with Gasteiger partial charge in [-0.2, -0.15) is 0 Å². The van der Waals surface area contributed by atoms with Crippen LogP contribution in [0.1, 0.15) is 18.9 Å². The predicted molar refractivity (Wildman–Crippen MR) is 80.2 cm³/mol. The first-order valence-electron chi connectivity index (χ1n) is 7.28. The number of nitrogens with zero attached hydrogens (tertiary/aromatic N) is 1. The number of alkyl halides is 2. The molecule has 0 N–H and O–H groups in total. The van der Waals surface area contributed by atoms with Crippen molar-refractivity contribution < 1.29 is 59.8 Å². The van der Waals surface area contributed by atoms with Gasteiger partial charge in [-0.25, -0.2) is 23.6 Å². The van der Waals surface area contributed by atoms with Gasteiger partial charge in [0.25, 0.3) is 6.43 Å². The van der Waals surface area contributed by atoms with Crippen molar-refractivity contribution in [1.29, 1.82) is 0 Å². The van der Waals surface area contributed by atoms with Gasteiger partial charge in [-0.15, -0.1) is 5.70 Å². The number of hydrogen-bond donors (Lipinski definition) is 0. The van der Waals surface area contributed by atoms with Gasteiger partial charge < -0.3 is 9.64 Å². The van der Waals surface area contributed by atoms with E-state index in [0.29, 0.717) is 4.90 Å². The van der Waals surface area contributed by atoms with Crippen molar-refractivity contribution in [2.75, 3.05) is 13.2 Å². The Labute approximate surface area is 168 Å². The van der Waals surface area contributed by atoms with Crippen LogP contribution in [0.25, 0.3) is 5.70 Å². The Kier molecular flexibility index (Phi) is 8.28. The van der Waals surface area contributed by atoms with E-state index >= 15 is 0 Å². The minimum atomic E-state index is -2.84. The summed E-state index contributed by atoms with van der Waals surface area (Å²) in [4.78, 5) is 12.8. The van der Waals surface area contributed by atoms with E-state index in [1.165, 1.54) is 6.08 Å². The van der Waals surface area contributed by atoms with Crippen molar-refractivity contribution in [2.24, 2.45) is 5.92 Å². The molecule has 0 aliphatic carbocycles. The van der Waals surface area contributed by atoms with E-state index in [0.717, 1.165) is 12.1 Å². The molecule has 1 aliphatic heterocycles. The molecule has 0 fully saturated rings. The molecule has 0 saturated heterocycles. The van der Waals surface area contributed by atoms with Gasteiger partial charge in [-0.05, 0) is 12.1 Å². The van der Waals surface area contributed by atoms with Crippen LogP contribution in [0.5, 0.6) is 5.75 Å². The predicted octanol–water partition coefficient (Wildman–Crippen LogP) is 3.80. The van der Waals surface area contributed by atoms with Gasteiger partial charge in [0.15, 0.2) is 0 Å². The summed E-state index contributed by atoms with van der Waals surface area (Å²) >= 11 is 0. The fourth-order valence-electron chi connectivity index (χ4n) is 2.37. The monoisotopic (exact) mass is 431 g/mol. The molecule has 2 rings (SSSR count). The smallest absolute Gasteiger partial charge is 0.256 e. The quantitative estimate of drug-likeness (QED) is 0.390. The maximum atomic E-state index is 14.3. The molecule has 3 nitrogen and oxygen atoms in total. The first-order chi connectivity index (χ1) is 11.3. The Bertz CT molecular complexity index is 656. The molecule has 1 unspecified atom stereocenters. The van der Waals surface area contributed by atoms with E-state index in [2.05, 4.69) is 12.7 Å². The van der Waals surface area contributed by atoms with Crippen LogP contribution >= 0.6 is 0 Å². The van der Waals surface area contributed by atoms with Crippen molar-refractivity contribution in [3.8, 4) is 5.75 Å². The number of carbonyl (C=O) groups excluding carboxylic acids is 1. The zero-order valence-corrected chi connectivity index (χ0v) is 16.4. The molecule has 0 spiro atoms. The molecule has 1 radical (unpaired) electrons. The third kappa shape index (κ3) is 5.14. The van der Waals surface area contributed by atoms with Crippen LogP contribution in [0.4, 0.5) is 17.6 Å². The summed E-state index contributed by atoms with van der Waals surface area (Å²) < 4.78 is 59.2. The second-order valence-corrected chi connectivity index (χ2v) is 5.33. The van der Waals surface area contributed by atoms with E-state index in [-0.39, 0.29) is 57.2 Å². The Morgan fingerprint density at radius 3 is 2.52 bits per heavy atom. The first kappa shape index (κ1) is 21.8. The molecule has 0 saturated carbocycles. The molecule has 0 aromatic heterocycles. The van der Waals surface area contributed by atoms with Crippen molar-refractivity contribution >= 4 is 11.6 Å². The summed E-state index contributed by atoms with van der Waals surface area (Å²) in [6.45, 7) is 4.08. The Morgan fingerprint density at radius 1 is 1.40 bits per heavy atom. The number of ether oxygens (including phenoxy) is 1. The number of hydrogen-bond acceptors (Lipinski definition) is 2. The fourth-order valence-corrected chi connectivity index (χ4v) is 2.37. The molecule has 1 amide bonds. The second-order valence-electron chi connectivity index (χ2n) is 5.33. The van der Waals surface area contributed by atoms with Crippen LogP contribution in [0, 0.1) is 23.6 Å². The van der Waals surface area contributed by atoms with Crippen molar-refractivity contribution in [3.05, 3.63) is 48.1 Å². The maximum absolute atomic E-state index is 14.3. The number of amides is 1. The first-order valence-corrected chi connectivity index (χ1v) is 7.28. The molecule has 1 aromatic carbocycles. The molecular formula is C17H16F4NO2Y-. The van der Waals surface area contributed by atoms with Crippen molar-refractivity contribution in [2.45, 2.75) is 19.8 Å². The molecule has 25 heavy (non-hydrogen) atoms. The number of carbonyl (C=O) groups is 1. The molecule has 1 aliphatic rings. The molecule has 1 aromatic rings. The number of halogens is 4. The number of rotatable bonds is 6. The summed E-state index contributed by atoms with van der Waals surface area (Å²) in [5.41, 5.74) is -0.870. The number of benzene rings is 1. The van der Waals surface area contributed by atoms with Crippen LogP contribution in [-0.4, -0.2) is 30.4 Å². The SMILES string of the molecule is C=CCOc1cc(F)c(C2=[C-]CC(C)C(=O)N2CC(F)F)c(F)c1.[Y]. The maximum Gasteiger partial charge on any atom is 0.256 e. The number of allylic oxidation sites excluding steroid dienone is 1. The average molecular weight is 431 g/mol. The topological polar surface area (TPSA) is 29.5 Å². The molecule has 133 valence electrons. The summed E-state index contributed by atoms with van der Waals surface area (Å²) in [6, 6.07) is 1.86. The van der Waals surface area contributed by atoms with Gasteiger partial charge in [0, 0.05) is 38.6 Å². The summed E-state index contributed by atoms with van der Waals surface area (Å²) in [6.07, 6.45) is 1.34. The van der Waals surface area contributed by atoms with E-state index in [9.17, 15) is 22.4 Å². The van der Waals surface area contributed by atoms with Gasteiger partial charge in [0.2, 0.25) is 5.91 Å². The fraction of sp³-hybridized carbons (Fsp3) is 0.353. The van der Waals surface area contributed by atoms with Gasteiger partial charge in [0.05, 0.1) is 18.2 Å². The van der Waals surface area contributed by atoms with Crippen LogP contribution < -0.4 is 4.74 Å². The minimum absolute atomic E-state index is 0. The Morgan fingerprint density at radius 2 is 2.00 bits per heavy atom. The van der Waals surface area contributed by atoms with Crippen LogP contribution in [0.2, 0.25) is 0 Å². The average Bonchev–Trinajstić information content (AvgIpc) is 2.51. The zero-order chi connectivity index (χ0) is 17.9. The molecule has 0 bridgehead atoms. The second kappa shape index (κ2) is 9.48. The largest absolute Gasteiger partial charge is 0.489 e. The van der Waals surface area contributed by atoms with Crippen molar-refractivity contribution in [3.63, 3.8) is 0 Å². The summed E-state index contributed by atoms with van der Waals surface area (Å²) in [5.74, 6) is -3.29. The minimum Gasteiger partial charge on any atom is -0.489 e. The van der Waals surface area contributed by atoms with E-state index in [4.69, 9.17) is 4.74 Å². The normalized spacial score (nSPS) is 17.2. The van der Waals surface area contributed by atoms with Crippen LogP contribution in [0.3, 0.4) is 0 Å². The third-order valence-electron chi connectivity index (χ3n) is 3.47. The standard InChI is InChI=1S/C17H16F4NO2.Y/c1-3-6-24-11-7-12(18)16(13(19)8-11)14-5-4-10(2)17(23)22(14)9-15(20)21;/h3,7-8,10,15H,1,4,6,9H2,2H3;/q-1;. The summed E-state index contributed by atoms with van der Waals surface area (Å²) in [7, 11) is 0. The molecule has 8 heteroatoms. The van der Waals surface area contributed by atoms with Gasteiger partial charge in [-0.3, -0.25) is 4.79 Å². The van der Waals surface area contributed by atoms with E-state index in [1.54, 1.807) is 6.92 Å². The van der Waals surface area contributed by atoms with E-state index in [1.807, 2.05) is 0 Å². The molecular weight excluding hydrogens is 415 g/mol. The van der Waals surface area contributed by atoms with Gasteiger partial charge in [-0.1, -0.05) is 31.6 Å². The van der Waals surface area contributed by atoms with Crippen molar-refractivity contribution in [1.82, 2.24) is 4.90 Å². The van der Waals surface area contributed by atoms with Crippen LogP contribution in [-0.2, 0) is 37.5 Å². The molecule has 1 heterocycles. The van der Waals surface area contributed by atoms with E-state index < -0.39 is 42.0 Å².